The molecule has 0 fully saturated rings. The van der Waals surface area contributed by atoms with E-state index < -0.39 is 0 Å². The maximum absolute atomic E-state index is 6.02. The molecule has 1 aromatic rings. The van der Waals surface area contributed by atoms with Gasteiger partial charge in [0.25, 0.3) is 0 Å². The summed E-state index contributed by atoms with van der Waals surface area (Å²) in [5.41, 5.74) is 8.94. The fraction of sp³-hybridized carbons (Fsp3) is 0.533. The fourth-order valence-electron chi connectivity index (χ4n) is 3.45. The number of nitrogens with zero attached hydrogens (tertiary/aromatic N) is 2. The second-order valence-corrected chi connectivity index (χ2v) is 5.45. The van der Waals surface area contributed by atoms with Crippen molar-refractivity contribution in [3.8, 4) is 5.75 Å². The Morgan fingerprint density at radius 3 is 3.00 bits per heavy atom. The summed E-state index contributed by atoms with van der Waals surface area (Å²) in [6.45, 7) is 3.90. The third kappa shape index (κ3) is 1.86. The lowest BCUT2D eigenvalue weighted by atomic mass is 9.77. The molecule has 0 bridgehead atoms. The van der Waals surface area contributed by atoms with Gasteiger partial charge >= 0.3 is 0 Å². The molecule has 0 amide bonds. The molecule has 1 aromatic carbocycles. The average molecular weight is 259 g/mol. The minimum atomic E-state index is 0.0954. The Hall–Kier alpha value is -1.71. The number of ether oxygens (including phenoxy) is 1. The first-order valence-electron chi connectivity index (χ1n) is 6.92. The topological polar surface area (TPSA) is 50.8 Å². The van der Waals surface area contributed by atoms with E-state index in [1.807, 2.05) is 6.07 Å². The number of nitrogens with two attached hydrogens (primary N) is 1. The van der Waals surface area contributed by atoms with Gasteiger partial charge in [0, 0.05) is 6.54 Å². The van der Waals surface area contributed by atoms with Gasteiger partial charge in [0.15, 0.2) is 5.96 Å². The van der Waals surface area contributed by atoms with Crippen molar-refractivity contribution in [1.82, 2.24) is 4.90 Å². The highest BCUT2D eigenvalue weighted by Crippen LogP contribution is 2.37. The molecule has 4 nitrogen and oxygen atoms in total. The summed E-state index contributed by atoms with van der Waals surface area (Å²) >= 11 is 0. The van der Waals surface area contributed by atoms with E-state index >= 15 is 0 Å². The molecule has 1 aliphatic heterocycles. The van der Waals surface area contributed by atoms with E-state index in [1.54, 1.807) is 7.11 Å². The summed E-state index contributed by atoms with van der Waals surface area (Å²) in [6, 6.07) is 6.41. The second-order valence-electron chi connectivity index (χ2n) is 5.45. The molecule has 1 aliphatic carbocycles. The van der Waals surface area contributed by atoms with Gasteiger partial charge in [-0.25, -0.2) is 0 Å². The Morgan fingerprint density at radius 2 is 2.26 bits per heavy atom. The first-order chi connectivity index (χ1) is 9.18. The molecule has 102 valence electrons. The lowest BCUT2D eigenvalue weighted by molar-refractivity contribution is 0.183. The monoisotopic (exact) mass is 259 g/mol. The van der Waals surface area contributed by atoms with Crippen molar-refractivity contribution in [2.45, 2.75) is 31.7 Å². The van der Waals surface area contributed by atoms with Crippen molar-refractivity contribution in [2.24, 2.45) is 10.7 Å². The highest BCUT2D eigenvalue weighted by atomic mass is 16.5. The summed E-state index contributed by atoms with van der Waals surface area (Å²) in [5.74, 6) is 1.64. The van der Waals surface area contributed by atoms with Gasteiger partial charge in [0.05, 0.1) is 19.2 Å². The summed E-state index contributed by atoms with van der Waals surface area (Å²) in [4.78, 5) is 6.74. The van der Waals surface area contributed by atoms with Crippen LogP contribution in [0.3, 0.4) is 0 Å². The zero-order valence-electron chi connectivity index (χ0n) is 11.6. The number of benzene rings is 1. The molecular weight excluding hydrogens is 238 g/mol. The molecule has 1 atom stereocenters. The number of rotatable bonds is 2. The van der Waals surface area contributed by atoms with Crippen molar-refractivity contribution in [1.29, 1.82) is 0 Å². The Bertz CT molecular complexity index is 526. The molecule has 0 saturated heterocycles. The van der Waals surface area contributed by atoms with Crippen LogP contribution in [0.2, 0.25) is 0 Å². The van der Waals surface area contributed by atoms with Gasteiger partial charge < -0.3 is 15.4 Å². The first kappa shape index (κ1) is 12.3. The normalized spacial score (nSPS) is 25.4. The van der Waals surface area contributed by atoms with Crippen LogP contribution in [-0.4, -0.2) is 36.6 Å². The van der Waals surface area contributed by atoms with Gasteiger partial charge in [-0.05, 0) is 49.4 Å². The van der Waals surface area contributed by atoms with Crippen molar-refractivity contribution in [3.63, 3.8) is 0 Å². The second kappa shape index (κ2) is 4.44. The summed E-state index contributed by atoms with van der Waals surface area (Å²) in [6.07, 6.45) is 3.24. The van der Waals surface area contributed by atoms with E-state index in [-0.39, 0.29) is 5.54 Å². The minimum Gasteiger partial charge on any atom is -0.497 e. The molecule has 19 heavy (non-hydrogen) atoms. The van der Waals surface area contributed by atoms with Gasteiger partial charge in [-0.1, -0.05) is 6.07 Å². The van der Waals surface area contributed by atoms with Gasteiger partial charge in [0.1, 0.15) is 5.75 Å². The standard InChI is InChI=1S/C15H21N3O/c1-3-18-14(16)17-10-15(18)7-6-11-4-5-13(19-2)8-12(11)9-15/h4-5,8H,3,6-7,9-10H2,1-2H3,(H2,16,17). The van der Waals surface area contributed by atoms with E-state index in [0.717, 1.165) is 38.1 Å². The van der Waals surface area contributed by atoms with Gasteiger partial charge in [-0.15, -0.1) is 0 Å². The average Bonchev–Trinajstić information content (AvgIpc) is 2.74. The van der Waals surface area contributed by atoms with Crippen LogP contribution in [0.5, 0.6) is 5.75 Å². The van der Waals surface area contributed by atoms with Gasteiger partial charge in [0.2, 0.25) is 0 Å². The maximum atomic E-state index is 6.02. The van der Waals surface area contributed by atoms with Gasteiger partial charge in [-0.2, -0.15) is 0 Å². The highest BCUT2D eigenvalue weighted by Gasteiger charge is 2.43. The van der Waals surface area contributed by atoms with Crippen molar-refractivity contribution in [3.05, 3.63) is 29.3 Å². The number of likely N-dealkylation sites (N-methyl/N-ethyl adjacent to an activating group) is 1. The number of methoxy groups -OCH3 is 1. The maximum Gasteiger partial charge on any atom is 0.191 e. The smallest absolute Gasteiger partial charge is 0.191 e. The quantitative estimate of drug-likeness (QED) is 0.877. The number of aryl methyl sites for hydroxylation is 1. The molecule has 2 aliphatic rings. The molecule has 4 heteroatoms. The Balaban J connectivity index is 1.93. The number of aliphatic imine (C=N–C) groups is 1. The Labute approximate surface area is 114 Å². The van der Waals surface area contributed by atoms with Crippen LogP contribution in [0.1, 0.15) is 24.5 Å². The summed E-state index contributed by atoms with van der Waals surface area (Å²) in [7, 11) is 1.72. The molecule has 1 heterocycles. The number of guanidine groups is 1. The van der Waals surface area contributed by atoms with Gasteiger partial charge in [-0.3, -0.25) is 4.99 Å². The molecule has 1 spiro atoms. The van der Waals surface area contributed by atoms with Crippen molar-refractivity contribution >= 4 is 5.96 Å². The molecule has 0 saturated carbocycles. The van der Waals surface area contributed by atoms with E-state index in [2.05, 4.69) is 28.9 Å². The summed E-state index contributed by atoms with van der Waals surface area (Å²) in [5, 5.41) is 0. The van der Waals surface area contributed by atoms with Crippen molar-refractivity contribution in [2.75, 3.05) is 20.2 Å². The zero-order chi connectivity index (χ0) is 13.5. The molecule has 2 N–H and O–H groups in total. The predicted molar refractivity (Wildman–Crippen MR) is 76.6 cm³/mol. The molecule has 3 rings (SSSR count). The van der Waals surface area contributed by atoms with E-state index in [1.165, 1.54) is 11.1 Å². The zero-order valence-corrected chi connectivity index (χ0v) is 11.6. The van der Waals surface area contributed by atoms with E-state index in [0.29, 0.717) is 5.96 Å². The van der Waals surface area contributed by atoms with E-state index in [9.17, 15) is 0 Å². The minimum absolute atomic E-state index is 0.0954. The highest BCUT2D eigenvalue weighted by molar-refractivity contribution is 5.81. The third-order valence-electron chi connectivity index (χ3n) is 4.49. The fourth-order valence-corrected chi connectivity index (χ4v) is 3.45. The first-order valence-corrected chi connectivity index (χ1v) is 6.92. The molecule has 1 unspecified atom stereocenters. The number of hydrogen-bond donors (Lipinski definition) is 1. The van der Waals surface area contributed by atoms with Crippen LogP contribution in [0.4, 0.5) is 0 Å². The van der Waals surface area contributed by atoms with Crippen LogP contribution in [0.15, 0.2) is 23.2 Å². The third-order valence-corrected chi connectivity index (χ3v) is 4.49. The molecule has 0 radical (unpaired) electrons. The van der Waals surface area contributed by atoms with Crippen LogP contribution in [-0.2, 0) is 12.8 Å². The largest absolute Gasteiger partial charge is 0.497 e. The molecular formula is C15H21N3O. The van der Waals surface area contributed by atoms with Crippen LogP contribution >= 0.6 is 0 Å². The Morgan fingerprint density at radius 1 is 1.42 bits per heavy atom. The number of fused-ring (bicyclic) bond motifs is 1. The van der Waals surface area contributed by atoms with Crippen LogP contribution in [0, 0.1) is 0 Å². The van der Waals surface area contributed by atoms with Crippen LogP contribution in [0.25, 0.3) is 0 Å². The lowest BCUT2D eigenvalue weighted by Crippen LogP contribution is -2.54. The summed E-state index contributed by atoms with van der Waals surface area (Å²) < 4.78 is 5.34. The van der Waals surface area contributed by atoms with Crippen LogP contribution < -0.4 is 10.5 Å². The number of hydrogen-bond acceptors (Lipinski definition) is 4. The lowest BCUT2D eigenvalue weighted by Gasteiger charge is -2.42. The predicted octanol–water partition coefficient (Wildman–Crippen LogP) is 1.57. The molecule has 0 aromatic heterocycles. The Kier molecular flexibility index (Phi) is 2.88. The van der Waals surface area contributed by atoms with E-state index in [4.69, 9.17) is 10.5 Å². The SMILES string of the molecule is CCN1C(N)=NCC12CCc1ccc(OC)cc1C2. The van der Waals surface area contributed by atoms with Crippen molar-refractivity contribution < 1.29 is 4.74 Å².